The summed E-state index contributed by atoms with van der Waals surface area (Å²) >= 11 is 0.993. The van der Waals surface area contributed by atoms with Gasteiger partial charge in [-0.15, -0.1) is 11.8 Å². The molecule has 0 aliphatic rings. The predicted octanol–water partition coefficient (Wildman–Crippen LogP) is 5.24. The molecule has 0 bridgehead atoms. The number of nitrogens with one attached hydrogen (secondary N) is 1. The van der Waals surface area contributed by atoms with Crippen LogP contribution < -0.4 is 5.32 Å². The van der Waals surface area contributed by atoms with Crippen LogP contribution in [0.2, 0.25) is 0 Å². The zero-order valence-electron chi connectivity index (χ0n) is 13.0. The van der Waals surface area contributed by atoms with Gasteiger partial charge in [0, 0.05) is 11.3 Å². The minimum absolute atomic E-state index is 0.0130. The van der Waals surface area contributed by atoms with E-state index >= 15 is 0 Å². The van der Waals surface area contributed by atoms with Crippen molar-refractivity contribution >= 4 is 23.4 Å². The molecule has 25 heavy (non-hydrogen) atoms. The Morgan fingerprint density at radius 1 is 1.12 bits per heavy atom. The number of amides is 1. The van der Waals surface area contributed by atoms with Crippen LogP contribution in [0.1, 0.15) is 18.1 Å². The minimum Gasteiger partial charge on any atom is -0.325 e. The van der Waals surface area contributed by atoms with E-state index in [1.807, 2.05) is 0 Å². The van der Waals surface area contributed by atoms with Crippen LogP contribution in [0.5, 0.6) is 0 Å². The van der Waals surface area contributed by atoms with E-state index in [2.05, 4.69) is 5.32 Å². The van der Waals surface area contributed by atoms with E-state index < -0.39 is 34.5 Å². The van der Waals surface area contributed by atoms with Crippen molar-refractivity contribution in [3.8, 4) is 0 Å². The lowest BCUT2D eigenvalue weighted by atomic mass is 10.1. The summed E-state index contributed by atoms with van der Waals surface area (Å²) < 4.78 is 65.5. The molecule has 134 valence electrons. The smallest absolute Gasteiger partial charge is 0.325 e. The van der Waals surface area contributed by atoms with Gasteiger partial charge in [0.05, 0.1) is 16.5 Å². The van der Waals surface area contributed by atoms with Crippen LogP contribution >= 0.6 is 11.8 Å². The number of para-hydroxylation sites is 1. The molecule has 8 heteroatoms. The number of rotatable bonds is 5. The molecule has 1 N–H and O–H groups in total. The van der Waals surface area contributed by atoms with E-state index in [9.17, 15) is 26.7 Å². The van der Waals surface area contributed by atoms with Crippen LogP contribution in [0.15, 0.2) is 42.5 Å². The first kappa shape index (κ1) is 19.2. The fourth-order valence-electron chi connectivity index (χ4n) is 2.02. The van der Waals surface area contributed by atoms with E-state index in [0.29, 0.717) is 0 Å². The molecular weight excluding hydrogens is 361 g/mol. The highest BCUT2D eigenvalue weighted by Gasteiger charge is 2.33. The Hall–Kier alpha value is -2.09. The fraction of sp³-hybridized carbons (Fsp3) is 0.235. The quantitative estimate of drug-likeness (QED) is 0.724. The largest absolute Gasteiger partial charge is 0.418 e. The average molecular weight is 375 g/mol. The van der Waals surface area contributed by atoms with E-state index in [1.165, 1.54) is 31.2 Å². The summed E-state index contributed by atoms with van der Waals surface area (Å²) in [5, 5.41) is 1.47. The van der Waals surface area contributed by atoms with Crippen LogP contribution in [0.4, 0.5) is 27.6 Å². The van der Waals surface area contributed by atoms with Crippen molar-refractivity contribution in [2.45, 2.75) is 24.1 Å². The molecule has 2 aromatic carbocycles. The van der Waals surface area contributed by atoms with Crippen molar-refractivity contribution in [1.29, 1.82) is 0 Å². The summed E-state index contributed by atoms with van der Waals surface area (Å²) in [4.78, 5) is 12.1. The zero-order chi connectivity index (χ0) is 18.6. The second kappa shape index (κ2) is 7.86. The SMILES string of the molecule is CC(SCc1cccc(F)c1F)C(=O)Nc1ccccc1C(F)(F)F. The summed E-state index contributed by atoms with van der Waals surface area (Å²) in [6, 6.07) is 8.34. The summed E-state index contributed by atoms with van der Waals surface area (Å²) in [5.74, 6) is -2.63. The molecule has 0 heterocycles. The second-order valence-corrected chi connectivity index (χ2v) is 6.53. The summed E-state index contributed by atoms with van der Waals surface area (Å²) in [5.41, 5.74) is -1.21. The maximum atomic E-state index is 13.6. The Balaban J connectivity index is 2.03. The first-order valence-corrected chi connectivity index (χ1v) is 8.26. The fourth-order valence-corrected chi connectivity index (χ4v) is 2.89. The van der Waals surface area contributed by atoms with Gasteiger partial charge in [0.1, 0.15) is 0 Å². The van der Waals surface area contributed by atoms with Crippen LogP contribution in [-0.4, -0.2) is 11.2 Å². The van der Waals surface area contributed by atoms with Crippen molar-refractivity contribution in [3.05, 3.63) is 65.2 Å². The van der Waals surface area contributed by atoms with Crippen molar-refractivity contribution in [1.82, 2.24) is 0 Å². The number of anilines is 1. The van der Waals surface area contributed by atoms with Gasteiger partial charge >= 0.3 is 6.18 Å². The number of thioether (sulfide) groups is 1. The molecule has 0 aliphatic heterocycles. The van der Waals surface area contributed by atoms with Gasteiger partial charge in [-0.3, -0.25) is 4.79 Å². The van der Waals surface area contributed by atoms with Gasteiger partial charge in [0.25, 0.3) is 0 Å². The summed E-state index contributed by atoms with van der Waals surface area (Å²) in [7, 11) is 0. The lowest BCUT2D eigenvalue weighted by Gasteiger charge is -2.16. The third-order valence-corrected chi connectivity index (χ3v) is 4.57. The van der Waals surface area contributed by atoms with Crippen molar-refractivity contribution in [3.63, 3.8) is 0 Å². The van der Waals surface area contributed by atoms with E-state index in [1.54, 1.807) is 0 Å². The topological polar surface area (TPSA) is 29.1 Å². The van der Waals surface area contributed by atoms with E-state index in [-0.39, 0.29) is 17.0 Å². The Morgan fingerprint density at radius 2 is 1.80 bits per heavy atom. The Morgan fingerprint density at radius 3 is 2.48 bits per heavy atom. The maximum absolute atomic E-state index is 13.6. The third kappa shape index (κ3) is 4.94. The lowest BCUT2D eigenvalue weighted by molar-refractivity contribution is -0.137. The van der Waals surface area contributed by atoms with Crippen molar-refractivity contribution in [2.75, 3.05) is 5.32 Å². The van der Waals surface area contributed by atoms with Crippen molar-refractivity contribution in [2.24, 2.45) is 0 Å². The summed E-state index contributed by atoms with van der Waals surface area (Å²) in [6.45, 7) is 1.48. The molecule has 1 amide bonds. The Bertz CT molecular complexity index is 763. The first-order chi connectivity index (χ1) is 11.7. The van der Waals surface area contributed by atoms with E-state index in [0.717, 1.165) is 30.0 Å². The first-order valence-electron chi connectivity index (χ1n) is 7.21. The Labute approximate surface area is 145 Å². The van der Waals surface area contributed by atoms with Gasteiger partial charge in [-0.25, -0.2) is 8.78 Å². The molecule has 0 saturated carbocycles. The molecule has 0 radical (unpaired) electrons. The van der Waals surface area contributed by atoms with Gasteiger partial charge in [0.15, 0.2) is 11.6 Å². The predicted molar refractivity (Wildman–Crippen MR) is 87.2 cm³/mol. The average Bonchev–Trinajstić information content (AvgIpc) is 2.55. The van der Waals surface area contributed by atoms with Gasteiger partial charge in [-0.05, 0) is 25.1 Å². The van der Waals surface area contributed by atoms with E-state index in [4.69, 9.17) is 0 Å². The molecule has 2 aromatic rings. The van der Waals surface area contributed by atoms with Crippen molar-refractivity contribution < 1.29 is 26.7 Å². The molecule has 0 aliphatic carbocycles. The van der Waals surface area contributed by atoms with Crippen LogP contribution in [-0.2, 0) is 16.7 Å². The van der Waals surface area contributed by atoms with Crippen LogP contribution in [0.25, 0.3) is 0 Å². The third-order valence-electron chi connectivity index (χ3n) is 3.38. The number of hydrogen-bond acceptors (Lipinski definition) is 2. The molecule has 1 unspecified atom stereocenters. The number of carbonyl (C=O) groups is 1. The molecule has 2 nitrogen and oxygen atoms in total. The number of hydrogen-bond donors (Lipinski definition) is 1. The van der Waals surface area contributed by atoms with Gasteiger partial charge < -0.3 is 5.32 Å². The second-order valence-electron chi connectivity index (χ2n) is 5.20. The minimum atomic E-state index is -4.59. The Kier molecular flexibility index (Phi) is 6.05. The molecule has 1 atom stereocenters. The lowest BCUT2D eigenvalue weighted by Crippen LogP contribution is -2.24. The molecule has 0 aromatic heterocycles. The molecule has 0 saturated heterocycles. The summed E-state index contributed by atoms with van der Waals surface area (Å²) in [6.07, 6.45) is -4.59. The number of alkyl halides is 3. The van der Waals surface area contributed by atoms with Gasteiger partial charge in [0.2, 0.25) is 5.91 Å². The standard InChI is InChI=1S/C17H14F5NOS/c1-10(25-9-11-5-4-7-13(18)15(11)19)16(24)23-14-8-3-2-6-12(14)17(20,21)22/h2-8,10H,9H2,1H3,(H,23,24). The molecule has 2 rings (SSSR count). The highest BCUT2D eigenvalue weighted by molar-refractivity contribution is 7.99. The highest BCUT2D eigenvalue weighted by Crippen LogP contribution is 2.35. The van der Waals surface area contributed by atoms with Gasteiger partial charge in [-0.2, -0.15) is 13.2 Å². The number of halogens is 5. The van der Waals surface area contributed by atoms with Gasteiger partial charge in [-0.1, -0.05) is 24.3 Å². The highest BCUT2D eigenvalue weighted by atomic mass is 32.2. The van der Waals surface area contributed by atoms with Crippen LogP contribution in [0.3, 0.4) is 0 Å². The molecular formula is C17H14F5NOS. The normalized spacial score (nSPS) is 12.7. The maximum Gasteiger partial charge on any atom is 0.418 e. The molecule has 0 spiro atoms. The van der Waals surface area contributed by atoms with Crippen LogP contribution in [0, 0.1) is 11.6 Å². The number of carbonyl (C=O) groups excluding carboxylic acids is 1. The number of benzene rings is 2. The zero-order valence-corrected chi connectivity index (χ0v) is 13.8. The molecule has 0 fully saturated rings. The monoisotopic (exact) mass is 375 g/mol.